The molecule has 0 radical (unpaired) electrons. The van der Waals surface area contributed by atoms with E-state index in [1.165, 1.54) is 12.1 Å². The number of pyridine rings is 1. The molecule has 0 spiro atoms. The Morgan fingerprint density at radius 1 is 1.38 bits per heavy atom. The summed E-state index contributed by atoms with van der Waals surface area (Å²) in [5, 5.41) is 0. The van der Waals surface area contributed by atoms with Crippen LogP contribution < -0.4 is 0 Å². The largest absolute Gasteiger partial charge is 0.444 e. The molecule has 0 N–H and O–H groups in total. The first-order chi connectivity index (χ1) is 10.6. The van der Waals surface area contributed by atoms with Crippen LogP contribution in [0.4, 0.5) is 18.0 Å². The molecule has 1 amide bonds. The van der Waals surface area contributed by atoms with Crippen LogP contribution in [0.3, 0.4) is 0 Å². The van der Waals surface area contributed by atoms with Crippen LogP contribution in [-0.2, 0) is 17.3 Å². The predicted molar refractivity (Wildman–Crippen MR) is 89.2 cm³/mol. The minimum Gasteiger partial charge on any atom is -0.444 e. The average Bonchev–Trinajstić information content (AvgIpc) is 2.85. The highest BCUT2D eigenvalue weighted by Gasteiger charge is 2.36. The van der Waals surface area contributed by atoms with Gasteiger partial charge in [0, 0.05) is 19.3 Å². The molecule has 0 unspecified atom stereocenters. The molecule has 1 aliphatic heterocycles. The molecule has 1 atom stereocenters. The molecule has 136 valence electrons. The van der Waals surface area contributed by atoms with Crippen LogP contribution in [0.1, 0.15) is 38.4 Å². The Hall–Kier alpha value is -1.44. The number of rotatable bonds is 2. The van der Waals surface area contributed by atoms with Crippen molar-refractivity contribution < 1.29 is 22.7 Å². The standard InChI is InChI=1S/C16H21F3N2O2.H2S/c1-15(2,3)23-14(22)21-8-6-11(10-21)9-12-5-4-7-20-13(12)16(17,18)19;/h4-5,7,11H,6,8-10H2,1-3H3;1H2/t11-;/m1./s1. The lowest BCUT2D eigenvalue weighted by Crippen LogP contribution is -2.35. The van der Waals surface area contributed by atoms with Gasteiger partial charge in [-0.2, -0.15) is 26.7 Å². The summed E-state index contributed by atoms with van der Waals surface area (Å²) in [6, 6.07) is 2.96. The normalized spacial score (nSPS) is 18.2. The molecule has 0 bridgehead atoms. The Morgan fingerprint density at radius 2 is 2.04 bits per heavy atom. The molecule has 2 heterocycles. The third-order valence-corrected chi connectivity index (χ3v) is 3.61. The maximum absolute atomic E-state index is 13.0. The second-order valence-electron chi connectivity index (χ2n) is 6.79. The first kappa shape index (κ1) is 20.6. The summed E-state index contributed by atoms with van der Waals surface area (Å²) < 4.78 is 44.2. The maximum Gasteiger partial charge on any atom is 0.433 e. The van der Waals surface area contributed by atoms with Gasteiger partial charge in [-0.1, -0.05) is 6.07 Å². The molecule has 24 heavy (non-hydrogen) atoms. The summed E-state index contributed by atoms with van der Waals surface area (Å²) in [4.78, 5) is 17.0. The average molecular weight is 364 g/mol. The van der Waals surface area contributed by atoms with Gasteiger partial charge in [0.2, 0.25) is 0 Å². The molecule has 1 aromatic heterocycles. The van der Waals surface area contributed by atoms with Crippen LogP contribution in [0.25, 0.3) is 0 Å². The molecular weight excluding hydrogens is 341 g/mol. The Morgan fingerprint density at radius 3 is 2.62 bits per heavy atom. The van der Waals surface area contributed by atoms with Gasteiger partial charge in [0.25, 0.3) is 0 Å². The van der Waals surface area contributed by atoms with Crippen molar-refractivity contribution in [3.8, 4) is 0 Å². The van der Waals surface area contributed by atoms with Crippen LogP contribution in [0.2, 0.25) is 0 Å². The fourth-order valence-corrected chi connectivity index (χ4v) is 2.66. The van der Waals surface area contributed by atoms with Gasteiger partial charge in [0.15, 0.2) is 0 Å². The summed E-state index contributed by atoms with van der Waals surface area (Å²) in [6.07, 6.45) is -2.82. The van der Waals surface area contributed by atoms with Crippen molar-refractivity contribution in [2.75, 3.05) is 13.1 Å². The van der Waals surface area contributed by atoms with E-state index in [0.717, 1.165) is 6.20 Å². The molecule has 0 aliphatic carbocycles. The number of likely N-dealkylation sites (tertiary alicyclic amines) is 1. The number of nitrogens with zero attached hydrogens (tertiary/aromatic N) is 2. The number of alkyl halides is 3. The summed E-state index contributed by atoms with van der Waals surface area (Å²) in [7, 11) is 0. The van der Waals surface area contributed by atoms with E-state index in [1.54, 1.807) is 25.7 Å². The summed E-state index contributed by atoms with van der Waals surface area (Å²) >= 11 is 0. The minimum absolute atomic E-state index is 0. The zero-order valence-corrected chi connectivity index (χ0v) is 15.0. The smallest absolute Gasteiger partial charge is 0.433 e. The topological polar surface area (TPSA) is 42.4 Å². The lowest BCUT2D eigenvalue weighted by molar-refractivity contribution is -0.141. The molecular formula is C16H23F3N2O2S. The van der Waals surface area contributed by atoms with E-state index in [2.05, 4.69) is 4.98 Å². The van der Waals surface area contributed by atoms with Gasteiger partial charge in [-0.05, 0) is 51.2 Å². The minimum atomic E-state index is -4.46. The first-order valence-electron chi connectivity index (χ1n) is 7.55. The second kappa shape index (κ2) is 7.63. The molecule has 1 fully saturated rings. The first-order valence-corrected chi connectivity index (χ1v) is 7.55. The highest BCUT2D eigenvalue weighted by Crippen LogP contribution is 2.32. The highest BCUT2D eigenvalue weighted by molar-refractivity contribution is 7.59. The van der Waals surface area contributed by atoms with Crippen molar-refractivity contribution in [2.45, 2.75) is 45.4 Å². The van der Waals surface area contributed by atoms with Gasteiger partial charge in [-0.15, -0.1) is 0 Å². The highest BCUT2D eigenvalue weighted by atomic mass is 32.1. The third-order valence-electron chi connectivity index (χ3n) is 3.61. The Balaban J connectivity index is 0.00000288. The van der Waals surface area contributed by atoms with E-state index in [1.807, 2.05) is 0 Å². The van der Waals surface area contributed by atoms with Gasteiger partial charge < -0.3 is 9.64 Å². The van der Waals surface area contributed by atoms with E-state index in [0.29, 0.717) is 19.5 Å². The number of amides is 1. The van der Waals surface area contributed by atoms with Crippen LogP contribution in [0.5, 0.6) is 0 Å². The van der Waals surface area contributed by atoms with Gasteiger partial charge in [-0.25, -0.2) is 4.79 Å². The number of ether oxygens (including phenoxy) is 1. The SMILES string of the molecule is CC(C)(C)OC(=O)N1CC[C@H](Cc2cccnc2C(F)(F)F)C1.S. The quantitative estimate of drug-likeness (QED) is 0.796. The fourth-order valence-electron chi connectivity index (χ4n) is 2.66. The summed E-state index contributed by atoms with van der Waals surface area (Å²) in [6.45, 7) is 6.25. The zero-order chi connectivity index (χ0) is 17.3. The number of hydrogen-bond donors (Lipinski definition) is 0. The Bertz CT molecular complexity index is 573. The van der Waals surface area contributed by atoms with Gasteiger partial charge in [0.05, 0.1) is 0 Å². The number of hydrogen-bond acceptors (Lipinski definition) is 3. The van der Waals surface area contributed by atoms with Gasteiger partial charge >= 0.3 is 12.3 Å². The Labute approximate surface area is 146 Å². The molecule has 4 nitrogen and oxygen atoms in total. The molecule has 2 rings (SSSR count). The van der Waals surface area contributed by atoms with Crippen LogP contribution in [0.15, 0.2) is 18.3 Å². The van der Waals surface area contributed by atoms with Crippen LogP contribution >= 0.6 is 13.5 Å². The van der Waals surface area contributed by atoms with E-state index < -0.39 is 23.6 Å². The summed E-state index contributed by atoms with van der Waals surface area (Å²) in [5.74, 6) is -0.0205. The molecule has 8 heteroatoms. The van der Waals surface area contributed by atoms with Crippen molar-refractivity contribution >= 4 is 19.6 Å². The van der Waals surface area contributed by atoms with Gasteiger partial charge in [-0.3, -0.25) is 4.98 Å². The predicted octanol–water partition coefficient (Wildman–Crippen LogP) is 4.01. The van der Waals surface area contributed by atoms with E-state index >= 15 is 0 Å². The van der Waals surface area contributed by atoms with Crippen LogP contribution in [0, 0.1) is 5.92 Å². The van der Waals surface area contributed by atoms with Crippen molar-refractivity contribution in [2.24, 2.45) is 5.92 Å². The van der Waals surface area contributed by atoms with E-state index in [-0.39, 0.29) is 31.4 Å². The van der Waals surface area contributed by atoms with E-state index in [4.69, 9.17) is 4.74 Å². The summed E-state index contributed by atoms with van der Waals surface area (Å²) in [5.41, 5.74) is -1.24. The fraction of sp³-hybridized carbons (Fsp3) is 0.625. The zero-order valence-electron chi connectivity index (χ0n) is 14.0. The monoisotopic (exact) mass is 364 g/mol. The molecule has 0 aromatic carbocycles. The van der Waals surface area contributed by atoms with Crippen LogP contribution in [-0.4, -0.2) is 34.7 Å². The third kappa shape index (κ3) is 5.58. The number of aromatic nitrogens is 1. The maximum atomic E-state index is 13.0. The van der Waals surface area contributed by atoms with Gasteiger partial charge in [0.1, 0.15) is 11.3 Å². The van der Waals surface area contributed by atoms with Crippen molar-refractivity contribution in [3.63, 3.8) is 0 Å². The van der Waals surface area contributed by atoms with E-state index in [9.17, 15) is 18.0 Å². The number of halogens is 3. The number of carbonyl (C=O) groups is 1. The molecule has 0 saturated carbocycles. The molecule has 1 aromatic rings. The van der Waals surface area contributed by atoms with Crippen molar-refractivity contribution in [3.05, 3.63) is 29.6 Å². The molecule has 1 aliphatic rings. The van der Waals surface area contributed by atoms with Crippen molar-refractivity contribution in [1.82, 2.24) is 9.88 Å². The molecule has 1 saturated heterocycles. The number of carbonyl (C=O) groups excluding carboxylic acids is 1. The lowest BCUT2D eigenvalue weighted by atomic mass is 9.97. The Kier molecular flexibility index (Phi) is 6.55. The lowest BCUT2D eigenvalue weighted by Gasteiger charge is -2.24. The van der Waals surface area contributed by atoms with Crippen molar-refractivity contribution in [1.29, 1.82) is 0 Å². The second-order valence-corrected chi connectivity index (χ2v) is 6.79.